The monoisotopic (exact) mass is 496 g/mol. The minimum Gasteiger partial charge on any atom is -0.469 e. The van der Waals surface area contributed by atoms with Crippen LogP contribution in [0.25, 0.3) is 11.4 Å². The van der Waals surface area contributed by atoms with Gasteiger partial charge in [0.05, 0.1) is 24.1 Å². The van der Waals surface area contributed by atoms with Crippen LogP contribution in [0.4, 0.5) is 5.69 Å². The Morgan fingerprint density at radius 3 is 2.54 bits per heavy atom. The van der Waals surface area contributed by atoms with Gasteiger partial charge >= 0.3 is 0 Å². The van der Waals surface area contributed by atoms with E-state index in [1.54, 1.807) is 6.26 Å². The number of aromatic nitrogens is 3. The van der Waals surface area contributed by atoms with Gasteiger partial charge in [-0.05, 0) is 38.0 Å². The number of aryl methyl sites for hydroxylation is 2. The largest absolute Gasteiger partial charge is 0.469 e. The van der Waals surface area contributed by atoms with Gasteiger partial charge < -0.3 is 19.2 Å². The van der Waals surface area contributed by atoms with E-state index in [0.717, 1.165) is 40.0 Å². The van der Waals surface area contributed by atoms with Crippen LogP contribution in [0.15, 0.2) is 46.2 Å². The van der Waals surface area contributed by atoms with Gasteiger partial charge in [0.15, 0.2) is 11.0 Å². The van der Waals surface area contributed by atoms with Gasteiger partial charge in [-0.25, -0.2) is 0 Å². The normalized spacial score (nSPS) is 14.3. The average Bonchev–Trinajstić information content (AvgIpc) is 3.48. The molecule has 1 N–H and O–H groups in total. The zero-order valence-electron chi connectivity index (χ0n) is 20.5. The van der Waals surface area contributed by atoms with Gasteiger partial charge in [0.1, 0.15) is 5.76 Å². The molecule has 0 aliphatic carbocycles. The Bertz CT molecular complexity index is 1170. The third-order valence-corrected chi connectivity index (χ3v) is 7.17. The molecule has 0 radical (unpaired) electrons. The maximum atomic E-state index is 12.8. The Hall–Kier alpha value is -3.11. The zero-order chi connectivity index (χ0) is 24.8. The molecule has 4 rings (SSSR count). The molecule has 0 bridgehead atoms. The minimum absolute atomic E-state index is 0.0243. The summed E-state index contributed by atoms with van der Waals surface area (Å²) in [4.78, 5) is 29.3. The molecule has 1 fully saturated rings. The fourth-order valence-corrected chi connectivity index (χ4v) is 5.12. The number of benzene rings is 1. The lowest BCUT2D eigenvalue weighted by Crippen LogP contribution is -2.50. The van der Waals surface area contributed by atoms with Crippen molar-refractivity contribution in [2.24, 2.45) is 0 Å². The van der Waals surface area contributed by atoms with E-state index in [4.69, 9.17) is 4.42 Å². The van der Waals surface area contributed by atoms with Gasteiger partial charge in [0, 0.05) is 38.4 Å². The molecule has 2 amide bonds. The van der Waals surface area contributed by atoms with E-state index >= 15 is 0 Å². The molecule has 0 unspecified atom stereocenters. The first-order chi connectivity index (χ1) is 17.0. The van der Waals surface area contributed by atoms with Gasteiger partial charge in [-0.2, -0.15) is 0 Å². The highest BCUT2D eigenvalue weighted by Gasteiger charge is 2.24. The predicted octanol–water partition coefficient (Wildman–Crippen LogP) is 3.30. The Labute approximate surface area is 209 Å². The number of rotatable bonds is 9. The molecular weight excluding hydrogens is 464 g/mol. The van der Waals surface area contributed by atoms with Crippen LogP contribution in [0.2, 0.25) is 0 Å². The molecule has 1 saturated heterocycles. The second-order valence-electron chi connectivity index (χ2n) is 8.45. The summed E-state index contributed by atoms with van der Waals surface area (Å²) in [6, 6.07) is 9.76. The number of carbonyl (C=O) groups excluding carboxylic acids is 2. The van der Waals surface area contributed by atoms with E-state index < -0.39 is 0 Å². The molecule has 186 valence electrons. The highest BCUT2D eigenvalue weighted by atomic mass is 32.2. The lowest BCUT2D eigenvalue weighted by molar-refractivity contribution is -0.130. The average molecular weight is 497 g/mol. The molecule has 0 spiro atoms. The summed E-state index contributed by atoms with van der Waals surface area (Å²) >= 11 is 1.40. The van der Waals surface area contributed by atoms with Crippen LogP contribution in [0.1, 0.15) is 25.2 Å². The Kier molecular flexibility index (Phi) is 8.25. The number of furan rings is 1. The number of thioether (sulfide) groups is 1. The van der Waals surface area contributed by atoms with Crippen LogP contribution in [0.5, 0.6) is 0 Å². The predicted molar refractivity (Wildman–Crippen MR) is 136 cm³/mol. The minimum atomic E-state index is -0.0243. The molecule has 1 aromatic carbocycles. The number of anilines is 1. The van der Waals surface area contributed by atoms with E-state index in [2.05, 4.69) is 27.3 Å². The number of hydrogen-bond acceptors (Lipinski definition) is 7. The molecule has 1 aliphatic heterocycles. The van der Waals surface area contributed by atoms with Crippen molar-refractivity contribution in [2.45, 2.75) is 38.9 Å². The number of piperazine rings is 1. The number of para-hydroxylation sites is 1. The highest BCUT2D eigenvalue weighted by molar-refractivity contribution is 7.99. The molecule has 2 aromatic heterocycles. The van der Waals surface area contributed by atoms with Crippen LogP contribution in [-0.2, 0) is 22.6 Å². The third kappa shape index (κ3) is 5.94. The summed E-state index contributed by atoms with van der Waals surface area (Å²) in [5.41, 5.74) is 2.91. The second kappa shape index (κ2) is 11.5. The summed E-state index contributed by atoms with van der Waals surface area (Å²) in [5.74, 6) is 1.89. The van der Waals surface area contributed by atoms with E-state index in [1.165, 1.54) is 11.8 Å². The Morgan fingerprint density at radius 1 is 1.09 bits per heavy atom. The van der Waals surface area contributed by atoms with Crippen molar-refractivity contribution in [3.8, 4) is 11.4 Å². The van der Waals surface area contributed by atoms with Crippen LogP contribution >= 0.6 is 11.8 Å². The van der Waals surface area contributed by atoms with Gasteiger partial charge in [-0.1, -0.05) is 36.9 Å². The zero-order valence-corrected chi connectivity index (χ0v) is 21.3. The van der Waals surface area contributed by atoms with Crippen molar-refractivity contribution in [3.05, 3.63) is 47.9 Å². The fraction of sp³-hybridized carbons (Fsp3) is 0.440. The van der Waals surface area contributed by atoms with E-state index in [0.29, 0.717) is 45.0 Å². The van der Waals surface area contributed by atoms with E-state index in [1.807, 2.05) is 53.6 Å². The van der Waals surface area contributed by atoms with Crippen molar-refractivity contribution in [2.75, 3.05) is 43.8 Å². The van der Waals surface area contributed by atoms with Gasteiger partial charge in [0.25, 0.3) is 0 Å². The molecule has 35 heavy (non-hydrogen) atoms. The Morgan fingerprint density at radius 2 is 1.86 bits per heavy atom. The third-order valence-electron chi connectivity index (χ3n) is 6.22. The number of nitrogens with one attached hydrogen (secondary N) is 1. The van der Waals surface area contributed by atoms with Crippen molar-refractivity contribution < 1.29 is 14.0 Å². The topological polar surface area (TPSA) is 96.5 Å². The fourth-order valence-electron chi connectivity index (χ4n) is 4.21. The maximum Gasteiger partial charge on any atom is 0.238 e. The van der Waals surface area contributed by atoms with Crippen molar-refractivity contribution >= 4 is 29.3 Å². The van der Waals surface area contributed by atoms with Crippen LogP contribution < -0.4 is 5.32 Å². The smallest absolute Gasteiger partial charge is 0.238 e. The number of nitrogens with zero attached hydrogens (tertiary/aromatic N) is 5. The molecule has 10 heteroatoms. The first-order valence-electron chi connectivity index (χ1n) is 12.0. The van der Waals surface area contributed by atoms with Crippen LogP contribution in [0.3, 0.4) is 0 Å². The van der Waals surface area contributed by atoms with Crippen molar-refractivity contribution in [3.63, 3.8) is 0 Å². The molecule has 3 aromatic rings. The summed E-state index contributed by atoms with van der Waals surface area (Å²) < 4.78 is 7.40. The molecular formula is C25H32N6O3S. The van der Waals surface area contributed by atoms with Crippen LogP contribution in [-0.4, -0.2) is 74.9 Å². The molecule has 3 heterocycles. The Balaban J connectivity index is 1.25. The first kappa shape index (κ1) is 25.0. The van der Waals surface area contributed by atoms with Crippen molar-refractivity contribution in [1.29, 1.82) is 0 Å². The highest BCUT2D eigenvalue weighted by Crippen LogP contribution is 2.27. The standard InChI is InChI=1S/C25H32N6O3S/c1-4-19-8-6-7-9-21(19)26-22(32)16-29-11-13-30(14-12-29)23(33)17-35-25-28-27-24(31(25)5-2)20-10-15-34-18(20)3/h6-10,15H,4-5,11-14,16-17H2,1-3H3,(H,26,32). The quantitative estimate of drug-likeness (QED) is 0.454. The summed E-state index contributed by atoms with van der Waals surface area (Å²) in [6.45, 7) is 9.60. The van der Waals surface area contributed by atoms with Crippen molar-refractivity contribution in [1.82, 2.24) is 24.6 Å². The molecule has 0 saturated carbocycles. The molecule has 9 nitrogen and oxygen atoms in total. The first-order valence-corrected chi connectivity index (χ1v) is 13.0. The number of amides is 2. The lowest BCUT2D eigenvalue weighted by Gasteiger charge is -2.34. The summed E-state index contributed by atoms with van der Waals surface area (Å²) in [6.07, 6.45) is 2.51. The van der Waals surface area contributed by atoms with Gasteiger partial charge in [0.2, 0.25) is 11.8 Å². The lowest BCUT2D eigenvalue weighted by atomic mass is 10.1. The molecule has 0 atom stereocenters. The van der Waals surface area contributed by atoms with Gasteiger partial charge in [-0.3, -0.25) is 14.5 Å². The summed E-state index contributed by atoms with van der Waals surface area (Å²) in [7, 11) is 0. The van der Waals surface area contributed by atoms with E-state index in [9.17, 15) is 9.59 Å². The second-order valence-corrected chi connectivity index (χ2v) is 9.39. The molecule has 1 aliphatic rings. The number of carbonyl (C=O) groups is 2. The van der Waals surface area contributed by atoms with Gasteiger partial charge in [-0.15, -0.1) is 10.2 Å². The maximum absolute atomic E-state index is 12.8. The van der Waals surface area contributed by atoms with Crippen LogP contribution in [0, 0.1) is 6.92 Å². The SMILES string of the molecule is CCc1ccccc1NC(=O)CN1CCN(C(=O)CSc2nnc(-c3ccoc3C)n2CC)CC1. The number of hydrogen-bond donors (Lipinski definition) is 1. The summed E-state index contributed by atoms with van der Waals surface area (Å²) in [5, 5.41) is 12.4. The van der Waals surface area contributed by atoms with E-state index in [-0.39, 0.29) is 11.8 Å².